The first-order valence-corrected chi connectivity index (χ1v) is 29.3. The maximum atomic E-state index is 12.9. The smallest absolute Gasteiger partial charge is 0.306 e. The number of rotatable bonds is 51. The van der Waals surface area contributed by atoms with E-state index in [0.717, 1.165) is 141 Å². The van der Waals surface area contributed by atoms with Crippen molar-refractivity contribution in [2.24, 2.45) is 0 Å². The molecule has 0 fully saturated rings. The number of carbonyl (C=O) groups excluding carboxylic acids is 3. The Hall–Kier alpha value is -4.71. The molecule has 6 heteroatoms. The highest BCUT2D eigenvalue weighted by Crippen LogP contribution is 2.13. The van der Waals surface area contributed by atoms with Crippen LogP contribution < -0.4 is 0 Å². The van der Waals surface area contributed by atoms with Crippen LogP contribution in [0.4, 0.5) is 0 Å². The third-order valence-corrected chi connectivity index (χ3v) is 11.8. The second-order valence-electron chi connectivity index (χ2n) is 18.8. The van der Waals surface area contributed by atoms with Gasteiger partial charge in [0.1, 0.15) is 13.2 Å². The Balaban J connectivity index is 4.56. The summed E-state index contributed by atoms with van der Waals surface area (Å²) in [5, 5.41) is 0. The van der Waals surface area contributed by atoms with E-state index in [0.29, 0.717) is 19.3 Å². The molecular formula is C67H106O6. The van der Waals surface area contributed by atoms with Gasteiger partial charge in [0.2, 0.25) is 0 Å². The molecule has 0 aliphatic carbocycles. The average molecular weight is 1010 g/mol. The molecular weight excluding hydrogens is 901 g/mol. The minimum atomic E-state index is -0.820. The number of unbranched alkanes of at least 4 members (excludes halogenated alkanes) is 16. The first-order valence-electron chi connectivity index (χ1n) is 29.3. The van der Waals surface area contributed by atoms with Crippen molar-refractivity contribution in [3.63, 3.8) is 0 Å². The number of esters is 3. The van der Waals surface area contributed by atoms with Crippen molar-refractivity contribution in [1.29, 1.82) is 0 Å². The Bertz CT molecular complexity index is 1630. The van der Waals surface area contributed by atoms with Gasteiger partial charge in [-0.2, -0.15) is 0 Å². The summed E-state index contributed by atoms with van der Waals surface area (Å²) < 4.78 is 16.8. The van der Waals surface area contributed by atoms with Crippen LogP contribution in [0.15, 0.2) is 146 Å². The highest BCUT2D eigenvalue weighted by atomic mass is 16.6. The largest absolute Gasteiger partial charge is 0.462 e. The van der Waals surface area contributed by atoms with Gasteiger partial charge < -0.3 is 14.2 Å². The summed E-state index contributed by atoms with van der Waals surface area (Å²) in [4.78, 5) is 38.2. The van der Waals surface area contributed by atoms with E-state index in [9.17, 15) is 14.4 Å². The van der Waals surface area contributed by atoms with E-state index < -0.39 is 6.10 Å². The second kappa shape index (κ2) is 59.8. The van der Waals surface area contributed by atoms with E-state index in [4.69, 9.17) is 14.2 Å². The molecule has 0 bridgehead atoms. The SMILES string of the molecule is CC/C=C\C/C=C\C/C=C\C/C=C\C/C=C\CCCCCC(=O)OC[C@H](COC(=O)CCCCCCCCC/C=C\C/C=C\CCCCC)OC(=O)CCCCC/C=C\C/C=C\C/C=C\C/C=C\C/C=C\CC. The van der Waals surface area contributed by atoms with Gasteiger partial charge in [-0.3, -0.25) is 14.4 Å². The van der Waals surface area contributed by atoms with Crippen LogP contribution in [0, 0.1) is 0 Å². The minimum Gasteiger partial charge on any atom is -0.462 e. The van der Waals surface area contributed by atoms with Crippen LogP contribution >= 0.6 is 0 Å². The molecule has 0 spiro atoms. The van der Waals surface area contributed by atoms with Crippen molar-refractivity contribution in [3.05, 3.63) is 146 Å². The summed E-state index contributed by atoms with van der Waals surface area (Å²) in [6.07, 6.45) is 85.4. The number of hydrogen-bond donors (Lipinski definition) is 0. The van der Waals surface area contributed by atoms with E-state index in [1.165, 1.54) is 51.4 Å². The molecule has 0 unspecified atom stereocenters. The third kappa shape index (κ3) is 58.1. The minimum absolute atomic E-state index is 0.112. The Labute approximate surface area is 448 Å². The van der Waals surface area contributed by atoms with Gasteiger partial charge in [0.25, 0.3) is 0 Å². The number of ether oxygens (including phenoxy) is 3. The molecule has 0 radical (unpaired) electrons. The lowest BCUT2D eigenvalue weighted by Crippen LogP contribution is -2.30. The molecule has 0 saturated heterocycles. The second-order valence-corrected chi connectivity index (χ2v) is 18.8. The van der Waals surface area contributed by atoms with E-state index in [-0.39, 0.29) is 37.5 Å². The standard InChI is InChI=1S/C67H106O6/c1-4-7-10-13-16-19-22-25-28-31-33-36-39-42-45-48-51-54-57-60-66(69)72-63-64(62-71-65(68)59-56-53-50-47-44-41-38-35-30-27-24-21-18-15-12-9-6-3)73-67(70)61-58-55-52-49-46-43-40-37-34-32-29-26-23-20-17-14-11-8-5-2/h7-8,10-11,16-21,25-30,33-34,36-37,42-43,45-46,64H,4-6,9,12-15,22-24,31-32,35,38-41,44,47-63H2,1-3H3/b10-7-,11-8-,19-16-,20-17-,21-18-,28-25-,29-26-,30-27-,36-33-,37-34-,45-42-,46-43-/t64-/m0/s1. The quantitative estimate of drug-likeness (QED) is 0.0261. The first-order chi connectivity index (χ1) is 36.0. The molecule has 0 aromatic heterocycles. The Morgan fingerprint density at radius 1 is 0.288 bits per heavy atom. The molecule has 73 heavy (non-hydrogen) atoms. The summed E-state index contributed by atoms with van der Waals surface area (Å²) in [5.74, 6) is -0.990. The lowest BCUT2D eigenvalue weighted by Gasteiger charge is -2.18. The Kier molecular flexibility index (Phi) is 56.0. The summed E-state index contributed by atoms with van der Waals surface area (Å²) in [7, 11) is 0. The molecule has 6 nitrogen and oxygen atoms in total. The zero-order valence-corrected chi connectivity index (χ0v) is 46.8. The van der Waals surface area contributed by atoms with Gasteiger partial charge in [-0.05, 0) is 141 Å². The Morgan fingerprint density at radius 2 is 0.534 bits per heavy atom. The molecule has 0 saturated carbocycles. The van der Waals surface area contributed by atoms with Crippen LogP contribution in [0.1, 0.15) is 239 Å². The van der Waals surface area contributed by atoms with Crippen LogP contribution in [-0.4, -0.2) is 37.2 Å². The van der Waals surface area contributed by atoms with Crippen molar-refractivity contribution in [2.45, 2.75) is 245 Å². The van der Waals surface area contributed by atoms with Gasteiger partial charge >= 0.3 is 17.9 Å². The molecule has 0 amide bonds. The Morgan fingerprint density at radius 3 is 0.849 bits per heavy atom. The van der Waals surface area contributed by atoms with E-state index >= 15 is 0 Å². The fraction of sp³-hybridized carbons (Fsp3) is 0.597. The predicted molar refractivity (Wildman–Crippen MR) is 315 cm³/mol. The fourth-order valence-corrected chi connectivity index (χ4v) is 7.47. The molecule has 0 aromatic carbocycles. The fourth-order valence-electron chi connectivity index (χ4n) is 7.47. The summed E-state index contributed by atoms with van der Waals surface area (Å²) in [5.41, 5.74) is 0. The summed E-state index contributed by atoms with van der Waals surface area (Å²) >= 11 is 0. The lowest BCUT2D eigenvalue weighted by molar-refractivity contribution is -0.167. The average Bonchev–Trinajstić information content (AvgIpc) is 3.39. The summed E-state index contributed by atoms with van der Waals surface area (Å²) in [6.45, 7) is 6.32. The van der Waals surface area contributed by atoms with Gasteiger partial charge in [0.15, 0.2) is 6.10 Å². The third-order valence-electron chi connectivity index (χ3n) is 11.8. The monoisotopic (exact) mass is 1010 g/mol. The number of allylic oxidation sites excluding steroid dienone is 24. The van der Waals surface area contributed by atoms with Crippen molar-refractivity contribution in [1.82, 2.24) is 0 Å². The predicted octanol–water partition coefficient (Wildman–Crippen LogP) is 20.0. The van der Waals surface area contributed by atoms with Gasteiger partial charge in [-0.25, -0.2) is 0 Å². The van der Waals surface area contributed by atoms with Crippen molar-refractivity contribution >= 4 is 17.9 Å². The molecule has 0 aromatic rings. The number of carbonyl (C=O) groups is 3. The highest BCUT2D eigenvalue weighted by molar-refractivity contribution is 5.71. The van der Waals surface area contributed by atoms with Crippen LogP contribution in [0.25, 0.3) is 0 Å². The zero-order chi connectivity index (χ0) is 52.9. The van der Waals surface area contributed by atoms with Crippen LogP contribution in [-0.2, 0) is 28.6 Å². The van der Waals surface area contributed by atoms with Crippen molar-refractivity contribution in [3.8, 4) is 0 Å². The molecule has 1 atom stereocenters. The van der Waals surface area contributed by atoms with Crippen LogP contribution in [0.2, 0.25) is 0 Å². The summed E-state index contributed by atoms with van der Waals surface area (Å²) in [6, 6.07) is 0. The topological polar surface area (TPSA) is 78.9 Å². The molecule has 0 rings (SSSR count). The van der Waals surface area contributed by atoms with Crippen LogP contribution in [0.5, 0.6) is 0 Å². The molecule has 0 aliphatic rings. The lowest BCUT2D eigenvalue weighted by atomic mass is 10.1. The van der Waals surface area contributed by atoms with Gasteiger partial charge in [-0.1, -0.05) is 224 Å². The van der Waals surface area contributed by atoms with Crippen LogP contribution in [0.3, 0.4) is 0 Å². The van der Waals surface area contributed by atoms with Gasteiger partial charge in [0.05, 0.1) is 0 Å². The molecule has 0 aliphatic heterocycles. The van der Waals surface area contributed by atoms with E-state index in [1.807, 2.05) is 0 Å². The first kappa shape index (κ1) is 68.3. The van der Waals surface area contributed by atoms with Crippen molar-refractivity contribution < 1.29 is 28.6 Å². The maximum Gasteiger partial charge on any atom is 0.306 e. The normalized spacial score (nSPS) is 13.2. The number of hydrogen-bond acceptors (Lipinski definition) is 6. The van der Waals surface area contributed by atoms with Gasteiger partial charge in [0, 0.05) is 19.3 Å². The zero-order valence-electron chi connectivity index (χ0n) is 46.8. The van der Waals surface area contributed by atoms with Crippen molar-refractivity contribution in [2.75, 3.05) is 13.2 Å². The highest BCUT2D eigenvalue weighted by Gasteiger charge is 2.19. The maximum absolute atomic E-state index is 12.9. The molecule has 410 valence electrons. The van der Waals surface area contributed by atoms with E-state index in [1.54, 1.807) is 0 Å². The van der Waals surface area contributed by atoms with Gasteiger partial charge in [-0.15, -0.1) is 0 Å². The molecule has 0 N–H and O–H groups in total. The molecule has 0 heterocycles. The van der Waals surface area contributed by atoms with E-state index in [2.05, 4.69) is 167 Å².